The molecule has 1 atom stereocenters. The van der Waals surface area contributed by atoms with Crippen molar-refractivity contribution >= 4 is 11.8 Å². The number of likely N-dealkylation sites (tertiary alicyclic amines) is 2. The summed E-state index contributed by atoms with van der Waals surface area (Å²) in [6.07, 6.45) is 5.96. The molecule has 1 spiro atoms. The van der Waals surface area contributed by atoms with E-state index in [1.165, 1.54) is 0 Å². The number of aryl methyl sites for hydroxylation is 1. The van der Waals surface area contributed by atoms with Crippen LogP contribution in [-0.2, 0) is 11.8 Å². The van der Waals surface area contributed by atoms with Crippen molar-refractivity contribution in [1.29, 1.82) is 0 Å². The van der Waals surface area contributed by atoms with Gasteiger partial charge in [0.25, 0.3) is 5.91 Å². The molecule has 2 saturated heterocycles. The molecule has 6 heteroatoms. The number of aromatic nitrogens is 2. The molecule has 1 aromatic rings. The van der Waals surface area contributed by atoms with Crippen LogP contribution in [0.25, 0.3) is 0 Å². The van der Waals surface area contributed by atoms with E-state index in [1.807, 2.05) is 9.80 Å². The highest BCUT2D eigenvalue weighted by atomic mass is 16.2. The van der Waals surface area contributed by atoms with Gasteiger partial charge < -0.3 is 9.80 Å². The number of piperidine rings is 1. The van der Waals surface area contributed by atoms with Crippen LogP contribution < -0.4 is 0 Å². The molecule has 3 rings (SSSR count). The summed E-state index contributed by atoms with van der Waals surface area (Å²) < 4.78 is 1.59. The van der Waals surface area contributed by atoms with E-state index in [0.29, 0.717) is 25.3 Å². The molecule has 0 radical (unpaired) electrons. The quantitative estimate of drug-likeness (QED) is 0.785. The van der Waals surface area contributed by atoms with Gasteiger partial charge in [0.2, 0.25) is 5.91 Å². The molecule has 6 nitrogen and oxygen atoms in total. The summed E-state index contributed by atoms with van der Waals surface area (Å²) in [5.41, 5.74) is 0.181. The van der Waals surface area contributed by atoms with E-state index in [9.17, 15) is 9.59 Å². The molecule has 3 heterocycles. The Balaban J connectivity index is 1.77. The lowest BCUT2D eigenvalue weighted by atomic mass is 9.78. The van der Waals surface area contributed by atoms with Gasteiger partial charge >= 0.3 is 0 Å². The number of amides is 2. The largest absolute Gasteiger partial charge is 0.338 e. The molecule has 2 aliphatic rings. The number of hydrogen-bond acceptors (Lipinski definition) is 3. The first kappa shape index (κ1) is 14.8. The van der Waals surface area contributed by atoms with E-state index >= 15 is 0 Å². The molecule has 1 aromatic heterocycles. The Hall–Kier alpha value is -2.11. The summed E-state index contributed by atoms with van der Waals surface area (Å²) >= 11 is 0. The van der Waals surface area contributed by atoms with Gasteiger partial charge in [0.15, 0.2) is 0 Å². The number of rotatable bonds is 3. The van der Waals surface area contributed by atoms with Crippen molar-refractivity contribution in [2.45, 2.75) is 19.3 Å². The Morgan fingerprint density at radius 3 is 2.95 bits per heavy atom. The summed E-state index contributed by atoms with van der Waals surface area (Å²) in [7, 11) is 1.76. The number of nitrogens with zero attached hydrogens (tertiary/aromatic N) is 4. The first-order valence-electron chi connectivity index (χ1n) is 7.75. The molecule has 0 aromatic carbocycles. The van der Waals surface area contributed by atoms with E-state index in [-0.39, 0.29) is 11.8 Å². The van der Waals surface area contributed by atoms with E-state index in [1.54, 1.807) is 30.1 Å². The molecule has 0 bridgehead atoms. The van der Waals surface area contributed by atoms with Crippen molar-refractivity contribution < 1.29 is 9.59 Å². The maximum absolute atomic E-state index is 12.7. The second-order valence-corrected chi connectivity index (χ2v) is 6.24. The van der Waals surface area contributed by atoms with Crippen LogP contribution in [0.3, 0.4) is 0 Å². The van der Waals surface area contributed by atoms with Crippen LogP contribution in [0.4, 0.5) is 0 Å². The van der Waals surface area contributed by atoms with E-state index in [0.717, 1.165) is 25.8 Å². The van der Waals surface area contributed by atoms with Gasteiger partial charge in [0.05, 0.1) is 5.41 Å². The zero-order chi connectivity index (χ0) is 15.7. The summed E-state index contributed by atoms with van der Waals surface area (Å²) in [5, 5.41) is 4.06. The lowest BCUT2D eigenvalue weighted by molar-refractivity contribution is -0.137. The highest BCUT2D eigenvalue weighted by Crippen LogP contribution is 2.40. The molecule has 0 N–H and O–H groups in total. The molecule has 0 aliphatic carbocycles. The van der Waals surface area contributed by atoms with Gasteiger partial charge in [-0.3, -0.25) is 14.3 Å². The van der Waals surface area contributed by atoms with E-state index in [2.05, 4.69) is 11.7 Å². The van der Waals surface area contributed by atoms with Crippen LogP contribution in [0, 0.1) is 5.41 Å². The van der Waals surface area contributed by atoms with Gasteiger partial charge in [-0.25, -0.2) is 0 Å². The number of carbonyl (C=O) groups excluding carboxylic acids is 2. The van der Waals surface area contributed by atoms with Gasteiger partial charge in [0.1, 0.15) is 5.69 Å². The van der Waals surface area contributed by atoms with Crippen molar-refractivity contribution in [1.82, 2.24) is 19.6 Å². The van der Waals surface area contributed by atoms with Gasteiger partial charge in [-0.15, -0.1) is 6.58 Å². The molecular weight excluding hydrogens is 280 g/mol. The topological polar surface area (TPSA) is 58.4 Å². The minimum atomic E-state index is -0.393. The van der Waals surface area contributed by atoms with Gasteiger partial charge in [-0.2, -0.15) is 5.10 Å². The summed E-state index contributed by atoms with van der Waals surface area (Å²) in [6, 6.07) is 1.73. The Kier molecular flexibility index (Phi) is 3.76. The standard InChI is InChI=1S/C16H22N4O2/c1-3-9-19-11-7-16(15(19)22)6-4-10-20(12-16)14(21)13-5-8-17-18(13)2/h3,5,8H,1,4,6-7,9-12H2,2H3/t16-/m1/s1. The van der Waals surface area contributed by atoms with Crippen LogP contribution in [0.5, 0.6) is 0 Å². The molecule has 2 amide bonds. The van der Waals surface area contributed by atoms with Crippen LogP contribution in [0.15, 0.2) is 24.9 Å². The van der Waals surface area contributed by atoms with Crippen molar-refractivity contribution in [3.8, 4) is 0 Å². The van der Waals surface area contributed by atoms with Crippen LogP contribution in [-0.4, -0.2) is 57.6 Å². The maximum Gasteiger partial charge on any atom is 0.272 e. The van der Waals surface area contributed by atoms with Crippen molar-refractivity contribution in [3.05, 3.63) is 30.6 Å². The average Bonchev–Trinajstić information content (AvgIpc) is 3.07. The minimum absolute atomic E-state index is 0.0333. The first-order valence-corrected chi connectivity index (χ1v) is 7.75. The van der Waals surface area contributed by atoms with Crippen molar-refractivity contribution in [2.24, 2.45) is 12.5 Å². The Bertz CT molecular complexity index is 609. The molecule has 2 fully saturated rings. The third-order valence-corrected chi connectivity index (χ3v) is 4.85. The fraction of sp³-hybridized carbons (Fsp3) is 0.562. The second-order valence-electron chi connectivity index (χ2n) is 6.24. The number of carbonyl (C=O) groups is 2. The lowest BCUT2D eigenvalue weighted by Crippen LogP contribution is -2.50. The highest BCUT2D eigenvalue weighted by Gasteiger charge is 2.49. The van der Waals surface area contributed by atoms with Gasteiger partial charge in [-0.1, -0.05) is 6.08 Å². The average molecular weight is 302 g/mol. The molecule has 2 aliphatic heterocycles. The van der Waals surface area contributed by atoms with E-state index in [4.69, 9.17) is 0 Å². The summed E-state index contributed by atoms with van der Waals surface area (Å²) in [6.45, 7) is 6.29. The number of hydrogen-bond donors (Lipinski definition) is 0. The van der Waals surface area contributed by atoms with Crippen LogP contribution in [0.2, 0.25) is 0 Å². The Labute approximate surface area is 130 Å². The third-order valence-electron chi connectivity index (χ3n) is 4.85. The normalized spacial score (nSPS) is 25.0. The zero-order valence-electron chi connectivity index (χ0n) is 13.0. The minimum Gasteiger partial charge on any atom is -0.338 e. The summed E-state index contributed by atoms with van der Waals surface area (Å²) in [5.74, 6) is 0.143. The third kappa shape index (κ3) is 2.32. The highest BCUT2D eigenvalue weighted by molar-refractivity contribution is 5.93. The molecular formula is C16H22N4O2. The second kappa shape index (κ2) is 5.59. The predicted octanol–water partition coefficient (Wildman–Crippen LogP) is 1.06. The van der Waals surface area contributed by atoms with Crippen molar-refractivity contribution in [2.75, 3.05) is 26.2 Å². The molecule has 0 saturated carbocycles. The summed E-state index contributed by atoms with van der Waals surface area (Å²) in [4.78, 5) is 29.0. The maximum atomic E-state index is 12.7. The van der Waals surface area contributed by atoms with Crippen LogP contribution >= 0.6 is 0 Å². The van der Waals surface area contributed by atoms with Crippen LogP contribution in [0.1, 0.15) is 29.8 Å². The van der Waals surface area contributed by atoms with Crippen molar-refractivity contribution in [3.63, 3.8) is 0 Å². The molecule has 22 heavy (non-hydrogen) atoms. The monoisotopic (exact) mass is 302 g/mol. The Morgan fingerprint density at radius 2 is 2.27 bits per heavy atom. The lowest BCUT2D eigenvalue weighted by Gasteiger charge is -2.39. The fourth-order valence-electron chi connectivity index (χ4n) is 3.65. The molecule has 0 unspecified atom stereocenters. The fourth-order valence-corrected chi connectivity index (χ4v) is 3.65. The SMILES string of the molecule is C=CCN1CC[C@@]2(CCCN(C(=O)c3ccnn3C)C2)C1=O. The van der Waals surface area contributed by atoms with Gasteiger partial charge in [-0.05, 0) is 25.3 Å². The predicted molar refractivity (Wildman–Crippen MR) is 82.2 cm³/mol. The zero-order valence-corrected chi connectivity index (χ0v) is 13.0. The Morgan fingerprint density at radius 1 is 1.45 bits per heavy atom. The van der Waals surface area contributed by atoms with Gasteiger partial charge in [0, 0.05) is 39.4 Å². The smallest absolute Gasteiger partial charge is 0.272 e. The van der Waals surface area contributed by atoms with E-state index < -0.39 is 5.41 Å². The first-order chi connectivity index (χ1) is 10.6. The molecule has 118 valence electrons.